The van der Waals surface area contributed by atoms with E-state index in [2.05, 4.69) is 35.2 Å². The van der Waals surface area contributed by atoms with Crippen LogP contribution in [0.2, 0.25) is 0 Å². The van der Waals surface area contributed by atoms with Crippen LogP contribution in [0, 0.1) is 0 Å². The fourth-order valence-electron chi connectivity index (χ4n) is 2.44. The molecule has 1 aromatic heterocycles. The van der Waals surface area contributed by atoms with Gasteiger partial charge in [0.1, 0.15) is 0 Å². The van der Waals surface area contributed by atoms with Crippen molar-refractivity contribution in [1.29, 1.82) is 0 Å². The monoisotopic (exact) mass is 284 g/mol. The van der Waals surface area contributed by atoms with Gasteiger partial charge in [0, 0.05) is 53.6 Å². The van der Waals surface area contributed by atoms with E-state index in [1.165, 1.54) is 11.1 Å². The molecule has 0 aliphatic rings. The maximum atomic E-state index is 5.18. The highest BCUT2D eigenvalue weighted by atomic mass is 32.1. The number of para-hydroxylation sites is 1. The number of aromatic amines is 1. The number of fused-ring (bicyclic) bond motifs is 1. The van der Waals surface area contributed by atoms with Crippen LogP contribution < -0.4 is 0 Å². The Morgan fingerprint density at radius 3 is 2.50 bits per heavy atom. The normalized spacial score (nSPS) is 10.8. The molecule has 0 amide bonds. The Balaban J connectivity index is 2.18. The summed E-state index contributed by atoms with van der Waals surface area (Å²) in [6.45, 7) is 10.3. The second kappa shape index (κ2) is 7.17. The number of thiocarbonyl (C=S) groups is 1. The molecule has 0 radical (unpaired) electrons. The number of rotatable bonds is 8. The second-order valence-electron chi connectivity index (χ2n) is 4.77. The lowest BCUT2D eigenvalue weighted by Gasteiger charge is -2.18. The van der Waals surface area contributed by atoms with Crippen LogP contribution in [-0.4, -0.2) is 34.9 Å². The minimum absolute atomic E-state index is 0.874. The first-order chi connectivity index (χ1) is 9.80. The van der Waals surface area contributed by atoms with Crippen molar-refractivity contribution < 1.29 is 0 Å². The molecule has 20 heavy (non-hydrogen) atoms. The van der Waals surface area contributed by atoms with E-state index in [1.54, 1.807) is 5.37 Å². The summed E-state index contributed by atoms with van der Waals surface area (Å²) in [6.07, 6.45) is 4.79. The topological polar surface area (TPSA) is 19.0 Å². The Hall–Kier alpha value is -1.71. The Kier molecular flexibility index (Phi) is 5.27. The van der Waals surface area contributed by atoms with E-state index < -0.39 is 0 Å². The van der Waals surface area contributed by atoms with E-state index in [0.29, 0.717) is 0 Å². The summed E-state index contributed by atoms with van der Waals surface area (Å²) in [5, 5.41) is 2.98. The summed E-state index contributed by atoms with van der Waals surface area (Å²) in [7, 11) is 0. The third-order valence-electron chi connectivity index (χ3n) is 3.40. The number of H-pyrrole nitrogens is 1. The molecular weight excluding hydrogens is 264 g/mol. The van der Waals surface area contributed by atoms with Crippen molar-refractivity contribution in [1.82, 2.24) is 9.88 Å². The largest absolute Gasteiger partial charge is 0.358 e. The zero-order valence-electron chi connectivity index (χ0n) is 11.6. The van der Waals surface area contributed by atoms with Crippen LogP contribution in [0.5, 0.6) is 0 Å². The summed E-state index contributed by atoms with van der Waals surface area (Å²) in [5.74, 6) is 0. The smallest absolute Gasteiger partial charge is 0.0462 e. The standard InChI is InChI=1S/C17H20N2S/c1-3-10-19(11-4-2)12-9-17-15(13-20)14-7-5-6-8-16(14)18-17/h3-8,13,18H,1-2,9-12H2. The van der Waals surface area contributed by atoms with Gasteiger partial charge >= 0.3 is 0 Å². The third kappa shape index (κ3) is 3.24. The van der Waals surface area contributed by atoms with Crippen LogP contribution in [0.15, 0.2) is 49.6 Å². The van der Waals surface area contributed by atoms with Gasteiger partial charge in [-0.05, 0) is 6.07 Å². The quantitative estimate of drug-likeness (QED) is 0.588. The maximum Gasteiger partial charge on any atom is 0.0462 e. The number of aromatic nitrogens is 1. The van der Waals surface area contributed by atoms with Gasteiger partial charge in [0.25, 0.3) is 0 Å². The highest BCUT2D eigenvalue weighted by Crippen LogP contribution is 2.21. The van der Waals surface area contributed by atoms with Gasteiger partial charge in [-0.2, -0.15) is 0 Å². The zero-order valence-corrected chi connectivity index (χ0v) is 12.5. The van der Waals surface area contributed by atoms with Gasteiger partial charge in [-0.3, -0.25) is 4.90 Å². The summed E-state index contributed by atoms with van der Waals surface area (Å²) >= 11 is 5.18. The molecule has 104 valence electrons. The van der Waals surface area contributed by atoms with Crippen molar-refractivity contribution in [2.45, 2.75) is 6.42 Å². The van der Waals surface area contributed by atoms with Crippen molar-refractivity contribution in [3.05, 3.63) is 60.8 Å². The number of nitrogens with zero attached hydrogens (tertiary/aromatic N) is 1. The minimum Gasteiger partial charge on any atom is -0.358 e. The maximum absolute atomic E-state index is 5.18. The van der Waals surface area contributed by atoms with Crippen LogP contribution >= 0.6 is 12.2 Å². The van der Waals surface area contributed by atoms with E-state index >= 15 is 0 Å². The first-order valence-electron chi connectivity index (χ1n) is 6.79. The van der Waals surface area contributed by atoms with Crippen molar-refractivity contribution in [3.8, 4) is 0 Å². The van der Waals surface area contributed by atoms with Crippen molar-refractivity contribution in [2.24, 2.45) is 0 Å². The number of nitrogens with one attached hydrogen (secondary N) is 1. The molecule has 1 heterocycles. The summed E-state index contributed by atoms with van der Waals surface area (Å²) in [5.41, 5.74) is 3.50. The average Bonchev–Trinajstić information content (AvgIpc) is 2.82. The van der Waals surface area contributed by atoms with Crippen LogP contribution in [0.3, 0.4) is 0 Å². The third-order valence-corrected chi connectivity index (χ3v) is 3.63. The van der Waals surface area contributed by atoms with Crippen molar-refractivity contribution in [2.75, 3.05) is 19.6 Å². The molecule has 0 atom stereocenters. The predicted molar refractivity (Wildman–Crippen MR) is 91.6 cm³/mol. The number of benzene rings is 1. The van der Waals surface area contributed by atoms with E-state index in [1.807, 2.05) is 24.3 Å². The molecule has 0 aliphatic heterocycles. The predicted octanol–water partition coefficient (Wildman–Crippen LogP) is 3.73. The van der Waals surface area contributed by atoms with E-state index in [0.717, 1.165) is 37.1 Å². The Bertz CT molecular complexity index is 602. The van der Waals surface area contributed by atoms with Gasteiger partial charge in [-0.15, -0.1) is 13.2 Å². The molecule has 3 heteroatoms. The molecule has 1 N–H and O–H groups in total. The molecule has 0 saturated carbocycles. The molecule has 0 spiro atoms. The number of hydrogen-bond acceptors (Lipinski definition) is 2. The highest BCUT2D eigenvalue weighted by Gasteiger charge is 2.10. The van der Waals surface area contributed by atoms with E-state index in [-0.39, 0.29) is 0 Å². The second-order valence-corrected chi connectivity index (χ2v) is 5.00. The van der Waals surface area contributed by atoms with Crippen LogP contribution in [0.4, 0.5) is 0 Å². The average molecular weight is 284 g/mol. The Morgan fingerprint density at radius 2 is 1.85 bits per heavy atom. The first-order valence-corrected chi connectivity index (χ1v) is 7.26. The van der Waals surface area contributed by atoms with Gasteiger partial charge in [0.05, 0.1) is 0 Å². The highest BCUT2D eigenvalue weighted by molar-refractivity contribution is 7.79. The molecule has 2 rings (SSSR count). The fraction of sp³-hybridized carbons (Fsp3) is 0.235. The minimum atomic E-state index is 0.874. The summed E-state index contributed by atoms with van der Waals surface area (Å²) in [4.78, 5) is 5.78. The van der Waals surface area contributed by atoms with Gasteiger partial charge < -0.3 is 4.98 Å². The molecule has 0 fully saturated rings. The molecule has 0 unspecified atom stereocenters. The molecule has 0 aliphatic carbocycles. The number of hydrogen-bond donors (Lipinski definition) is 1. The van der Waals surface area contributed by atoms with Crippen molar-refractivity contribution >= 4 is 28.5 Å². The van der Waals surface area contributed by atoms with Crippen LogP contribution in [-0.2, 0) is 6.42 Å². The molecule has 2 nitrogen and oxygen atoms in total. The molecule has 2 aromatic rings. The van der Waals surface area contributed by atoms with Gasteiger partial charge in [0.15, 0.2) is 0 Å². The summed E-state index contributed by atoms with van der Waals surface area (Å²) in [6, 6.07) is 8.28. The molecule has 1 aromatic carbocycles. The molecule has 0 bridgehead atoms. The fourth-order valence-corrected chi connectivity index (χ4v) is 2.71. The van der Waals surface area contributed by atoms with Crippen molar-refractivity contribution in [3.63, 3.8) is 0 Å². The van der Waals surface area contributed by atoms with Gasteiger partial charge in [-0.1, -0.05) is 42.6 Å². The lowest BCUT2D eigenvalue weighted by Crippen LogP contribution is -2.26. The molecular formula is C17H20N2S. The Morgan fingerprint density at radius 1 is 1.15 bits per heavy atom. The van der Waals surface area contributed by atoms with Gasteiger partial charge in [0.2, 0.25) is 0 Å². The lowest BCUT2D eigenvalue weighted by molar-refractivity contribution is 0.339. The van der Waals surface area contributed by atoms with Crippen LogP contribution in [0.1, 0.15) is 11.3 Å². The van der Waals surface area contributed by atoms with E-state index in [9.17, 15) is 0 Å². The zero-order chi connectivity index (χ0) is 14.4. The Labute approximate surface area is 125 Å². The van der Waals surface area contributed by atoms with Crippen LogP contribution in [0.25, 0.3) is 10.9 Å². The van der Waals surface area contributed by atoms with Gasteiger partial charge in [-0.25, -0.2) is 0 Å². The van der Waals surface area contributed by atoms with E-state index in [4.69, 9.17) is 12.2 Å². The lowest BCUT2D eigenvalue weighted by atomic mass is 10.1. The first kappa shape index (κ1) is 14.7. The SMILES string of the molecule is C=CCN(CC=C)CCc1[nH]c2ccccc2c1C=S. The molecule has 0 saturated heterocycles. The summed E-state index contributed by atoms with van der Waals surface area (Å²) < 4.78 is 0.